The highest BCUT2D eigenvalue weighted by Gasteiger charge is 2.43. The first-order chi connectivity index (χ1) is 6.43. The Balaban J connectivity index is 4.69. The van der Waals surface area contributed by atoms with Crippen molar-refractivity contribution in [2.75, 3.05) is 40.5 Å². The highest BCUT2D eigenvalue weighted by atomic mass is 31.2. The van der Waals surface area contributed by atoms with E-state index in [4.69, 9.17) is 14.2 Å². The molecule has 0 rings (SSSR count). The number of aliphatic hydroxyl groups excluding tert-OH is 1. The molecule has 0 aliphatic rings. The van der Waals surface area contributed by atoms with Crippen molar-refractivity contribution in [2.45, 2.75) is 13.8 Å². The maximum absolute atomic E-state index is 12.2. The minimum atomic E-state index is -3.16. The fourth-order valence-corrected chi connectivity index (χ4v) is 2.73. The van der Waals surface area contributed by atoms with Gasteiger partial charge in [-0.1, -0.05) is 0 Å². The van der Waals surface area contributed by atoms with Gasteiger partial charge in [-0.3, -0.25) is 9.05 Å². The summed E-state index contributed by atoms with van der Waals surface area (Å²) in [4.78, 5) is 0. The van der Waals surface area contributed by atoms with Gasteiger partial charge in [0.25, 0.3) is 0 Å². The van der Waals surface area contributed by atoms with Crippen molar-refractivity contribution in [1.82, 2.24) is 0 Å². The van der Waals surface area contributed by atoms with Gasteiger partial charge in [-0.05, 0) is 13.8 Å². The van der Waals surface area contributed by atoms with E-state index in [1.54, 1.807) is 27.9 Å². The van der Waals surface area contributed by atoms with Gasteiger partial charge in [-0.25, -0.2) is 8.82 Å². The SMILES string of the molecule is CCOP(=O)(OCC)[N+](C)(C)CCO. The molecule has 0 heterocycles. The first kappa shape index (κ1) is 14.1. The first-order valence-corrected chi connectivity index (χ1v) is 6.26. The molecule has 0 bridgehead atoms. The topological polar surface area (TPSA) is 55.8 Å². The number of likely N-dealkylation sites (N-methyl/N-ethyl adjacent to an activating group) is 1. The van der Waals surface area contributed by atoms with Crippen LogP contribution in [0, 0.1) is 0 Å². The van der Waals surface area contributed by atoms with E-state index >= 15 is 0 Å². The molecule has 0 saturated heterocycles. The summed E-state index contributed by atoms with van der Waals surface area (Å²) in [5, 5.41) is 8.85. The van der Waals surface area contributed by atoms with Gasteiger partial charge in [0.05, 0.1) is 33.9 Å². The highest BCUT2D eigenvalue weighted by Crippen LogP contribution is 2.55. The van der Waals surface area contributed by atoms with Crippen LogP contribution in [0.1, 0.15) is 13.8 Å². The Morgan fingerprint density at radius 1 is 1.21 bits per heavy atom. The third-order valence-corrected chi connectivity index (χ3v) is 4.59. The zero-order valence-electron chi connectivity index (χ0n) is 9.39. The van der Waals surface area contributed by atoms with Crippen LogP contribution in [-0.4, -0.2) is 49.8 Å². The molecule has 1 N–H and O–H groups in total. The van der Waals surface area contributed by atoms with E-state index in [2.05, 4.69) is 0 Å². The second-order valence-electron chi connectivity index (χ2n) is 3.37. The Labute approximate surface area is 85.8 Å². The van der Waals surface area contributed by atoms with Gasteiger partial charge in [-0.2, -0.15) is 0 Å². The Morgan fingerprint density at radius 2 is 1.64 bits per heavy atom. The van der Waals surface area contributed by atoms with Gasteiger partial charge in [0, 0.05) is 0 Å². The van der Waals surface area contributed by atoms with Gasteiger partial charge in [0.15, 0.2) is 0 Å². The van der Waals surface area contributed by atoms with Crippen molar-refractivity contribution in [3.63, 3.8) is 0 Å². The lowest BCUT2D eigenvalue weighted by molar-refractivity contribution is -0.782. The molecule has 0 unspecified atom stereocenters. The van der Waals surface area contributed by atoms with Crippen LogP contribution in [0.3, 0.4) is 0 Å². The van der Waals surface area contributed by atoms with Gasteiger partial charge >= 0.3 is 7.75 Å². The summed E-state index contributed by atoms with van der Waals surface area (Å²) in [6.45, 7) is 4.51. The number of aliphatic hydroxyl groups is 1. The van der Waals surface area contributed by atoms with E-state index in [1.807, 2.05) is 0 Å². The van der Waals surface area contributed by atoms with Crippen molar-refractivity contribution in [3.8, 4) is 0 Å². The summed E-state index contributed by atoms with van der Waals surface area (Å²) in [5.74, 6) is 0. The van der Waals surface area contributed by atoms with Crippen LogP contribution in [0.5, 0.6) is 0 Å². The molecule has 0 radical (unpaired) electrons. The summed E-state index contributed by atoms with van der Waals surface area (Å²) < 4.78 is 22.7. The molecule has 0 saturated carbocycles. The Morgan fingerprint density at radius 3 is 1.93 bits per heavy atom. The van der Waals surface area contributed by atoms with Gasteiger partial charge < -0.3 is 5.11 Å². The van der Waals surface area contributed by atoms with Crippen LogP contribution in [-0.2, 0) is 13.6 Å². The summed E-state index contributed by atoms with van der Waals surface area (Å²) in [6, 6.07) is 0. The second-order valence-corrected chi connectivity index (χ2v) is 5.91. The summed E-state index contributed by atoms with van der Waals surface area (Å²) >= 11 is 0. The third-order valence-electron chi connectivity index (χ3n) is 1.89. The summed E-state index contributed by atoms with van der Waals surface area (Å²) in [7, 11) is 0.288. The summed E-state index contributed by atoms with van der Waals surface area (Å²) in [6.07, 6.45) is 0. The van der Waals surface area contributed by atoms with E-state index in [1.165, 1.54) is 0 Å². The largest absolute Gasteiger partial charge is 0.531 e. The average molecular weight is 226 g/mol. The van der Waals surface area contributed by atoms with Gasteiger partial charge in [0.1, 0.15) is 6.54 Å². The number of nitrogens with zero attached hydrogens (tertiary/aromatic N) is 1. The van der Waals surface area contributed by atoms with Crippen molar-refractivity contribution in [3.05, 3.63) is 0 Å². The lowest BCUT2D eigenvalue weighted by Crippen LogP contribution is -2.39. The van der Waals surface area contributed by atoms with Crippen LogP contribution in [0.25, 0.3) is 0 Å². The van der Waals surface area contributed by atoms with Crippen molar-refractivity contribution in [1.29, 1.82) is 0 Å². The van der Waals surface area contributed by atoms with Crippen LogP contribution in [0.4, 0.5) is 0 Å². The van der Waals surface area contributed by atoms with E-state index in [-0.39, 0.29) is 10.9 Å². The Bertz CT molecular complexity index is 198. The highest BCUT2D eigenvalue weighted by molar-refractivity contribution is 7.47. The monoisotopic (exact) mass is 226 g/mol. The first-order valence-electron chi connectivity index (χ1n) is 4.77. The molecule has 86 valence electrons. The molecule has 0 fully saturated rings. The summed E-state index contributed by atoms with van der Waals surface area (Å²) in [5.41, 5.74) is 0. The molecule has 0 aromatic rings. The lowest BCUT2D eigenvalue weighted by atomic mass is 10.6. The normalized spacial score (nSPS) is 13.2. The predicted molar refractivity (Wildman–Crippen MR) is 54.9 cm³/mol. The fraction of sp³-hybridized carbons (Fsp3) is 1.00. The molecule has 5 nitrogen and oxygen atoms in total. The average Bonchev–Trinajstić information content (AvgIpc) is 2.04. The smallest absolute Gasteiger partial charge is 0.391 e. The van der Waals surface area contributed by atoms with Crippen LogP contribution in [0.2, 0.25) is 0 Å². The van der Waals surface area contributed by atoms with Gasteiger partial charge in [-0.15, -0.1) is 0 Å². The van der Waals surface area contributed by atoms with Crippen molar-refractivity contribution < 1.29 is 23.0 Å². The molecule has 0 aromatic carbocycles. The number of quaternary nitrogens is 1. The zero-order valence-corrected chi connectivity index (χ0v) is 10.3. The quantitative estimate of drug-likeness (QED) is 0.663. The molecule has 0 atom stereocenters. The minimum Gasteiger partial charge on any atom is -0.391 e. The molecule has 14 heavy (non-hydrogen) atoms. The Hall–Kier alpha value is 0.0700. The molecule has 0 aliphatic carbocycles. The zero-order chi connectivity index (χ0) is 11.2. The second kappa shape index (κ2) is 5.83. The van der Waals surface area contributed by atoms with Crippen molar-refractivity contribution in [2.24, 2.45) is 0 Å². The van der Waals surface area contributed by atoms with E-state index in [0.717, 1.165) is 0 Å². The Kier molecular flexibility index (Phi) is 5.86. The molecule has 0 spiro atoms. The van der Waals surface area contributed by atoms with Crippen molar-refractivity contribution >= 4 is 7.75 Å². The van der Waals surface area contributed by atoms with E-state index in [9.17, 15) is 4.57 Å². The number of hydrogen-bond donors (Lipinski definition) is 1. The van der Waals surface area contributed by atoms with Crippen LogP contribution < -0.4 is 0 Å². The molecule has 6 heteroatoms. The lowest BCUT2D eigenvalue weighted by Gasteiger charge is -2.33. The molecule has 0 aliphatic heterocycles. The minimum absolute atomic E-state index is 0.0445. The maximum atomic E-state index is 12.2. The molecular weight excluding hydrogens is 205 g/mol. The standard InChI is InChI=1S/C8H21NO4P/c1-5-12-14(11,13-6-2)9(3,4)7-8-10/h10H,5-8H2,1-4H3/q+1. The van der Waals surface area contributed by atoms with Gasteiger partial charge in [0.2, 0.25) is 0 Å². The molecular formula is C8H21NO4P+. The fourth-order valence-electron chi connectivity index (χ4n) is 1.04. The predicted octanol–water partition coefficient (Wildman–Crippen LogP) is 1.24. The number of hydrogen-bond acceptors (Lipinski definition) is 4. The number of rotatable bonds is 7. The van der Waals surface area contributed by atoms with Crippen LogP contribution >= 0.6 is 7.75 Å². The molecule has 0 aromatic heterocycles. The maximum Gasteiger partial charge on any atom is 0.531 e. The third kappa shape index (κ3) is 3.33. The van der Waals surface area contributed by atoms with E-state index < -0.39 is 7.75 Å². The van der Waals surface area contributed by atoms with E-state index in [0.29, 0.717) is 19.8 Å². The molecule has 0 amide bonds. The van der Waals surface area contributed by atoms with Crippen LogP contribution in [0.15, 0.2) is 0 Å².